The molecule has 10 heterocycles. The smallest absolute Gasteiger partial charge is 0.444 e. The van der Waals surface area contributed by atoms with Gasteiger partial charge in [0.25, 0.3) is 43.7 Å². The highest BCUT2D eigenvalue weighted by Crippen LogP contribution is 2.81. The number of nitrogens with one attached hydrogen (secondary N) is 2. The number of hydrogen-bond donors (Lipinski definition) is 2. The van der Waals surface area contributed by atoms with Crippen molar-refractivity contribution < 1.29 is 74.1 Å². The molecule has 2 N–H and O–H groups in total. The van der Waals surface area contributed by atoms with E-state index in [4.69, 9.17) is 23.7 Å². The molecule has 0 aromatic heterocycles. The number of unbranched alkanes of at least 4 members (excludes halogenated alkanes) is 1. The van der Waals surface area contributed by atoms with E-state index in [1.807, 2.05) is 0 Å². The van der Waals surface area contributed by atoms with Crippen molar-refractivity contribution in [1.29, 1.82) is 0 Å². The van der Waals surface area contributed by atoms with Crippen molar-refractivity contribution in [1.82, 2.24) is 30.2 Å². The number of fused-ring (bicyclic) bond motifs is 11. The topological polar surface area (TPSA) is 277 Å². The molecule has 0 unspecified atom stereocenters. The highest BCUT2D eigenvalue weighted by Gasteiger charge is 2.90. The summed E-state index contributed by atoms with van der Waals surface area (Å²) in [5.74, 6) is -2.69. The number of sulfonamides is 2. The van der Waals surface area contributed by atoms with Crippen LogP contribution in [0.25, 0.3) is 0 Å². The number of nitrogens with zero attached hydrogens (tertiary/aromatic N) is 6. The quantitative estimate of drug-likeness (QED) is 0.0494. The molecule has 0 saturated carbocycles. The molecule has 480 valence electrons. The van der Waals surface area contributed by atoms with Crippen LogP contribution in [0.4, 0.5) is 21.0 Å². The van der Waals surface area contributed by atoms with Crippen LogP contribution in [-0.2, 0) is 78.5 Å². The zero-order valence-electron chi connectivity index (χ0n) is 50.1. The third kappa shape index (κ3) is 9.39. The van der Waals surface area contributed by atoms with Crippen molar-refractivity contribution in [3.05, 3.63) is 120 Å². The first-order chi connectivity index (χ1) is 42.9. The second-order valence-electron chi connectivity index (χ2n) is 24.1. The molecule has 30 heteroatoms. The molecule has 14 rings (SSSR count). The lowest BCUT2D eigenvalue weighted by Crippen LogP contribution is -2.78. The zero-order valence-corrected chi connectivity index (χ0v) is 55.0. The second kappa shape index (κ2) is 23.3. The van der Waals surface area contributed by atoms with E-state index in [2.05, 4.69) is 10.6 Å². The lowest BCUT2D eigenvalue weighted by atomic mass is 9.54. The largest absolute Gasteiger partial charge is 0.508 e. The molecule has 4 aromatic carbocycles. The van der Waals surface area contributed by atoms with Gasteiger partial charge in [0.2, 0.25) is 10.8 Å². The van der Waals surface area contributed by atoms with E-state index in [9.17, 15) is 14.4 Å². The summed E-state index contributed by atoms with van der Waals surface area (Å²) in [5.41, 5.74) is -3.42. The molecular formula is C60H68N8O16S6. The lowest BCUT2D eigenvalue weighted by molar-refractivity contribution is -0.167. The van der Waals surface area contributed by atoms with Gasteiger partial charge in [-0.15, -0.1) is 0 Å². The van der Waals surface area contributed by atoms with Crippen LogP contribution >= 0.6 is 43.2 Å². The van der Waals surface area contributed by atoms with E-state index in [1.54, 1.807) is 120 Å². The summed E-state index contributed by atoms with van der Waals surface area (Å²) in [5, 5.41) is 5.37. The molecule has 0 radical (unpaired) electrons. The average Bonchev–Trinajstić information content (AvgIpc) is 1.44. The Balaban J connectivity index is 0.842. The fraction of sp³-hybridized carbons (Fsp3) is 0.483. The second-order valence-corrected chi connectivity index (χ2v) is 33.1. The van der Waals surface area contributed by atoms with Crippen LogP contribution in [0.2, 0.25) is 0 Å². The Hall–Kier alpha value is -6.41. The summed E-state index contributed by atoms with van der Waals surface area (Å²) >= 11 is 0. The highest BCUT2D eigenvalue weighted by molar-refractivity contribution is 8.78. The number of likely N-dealkylation sites (N-methyl/N-ethyl adjacent to an activating group) is 2. The number of ether oxygens (including phenoxy) is 5. The maximum absolute atomic E-state index is 16.5. The molecule has 8 saturated heterocycles. The molecule has 10 aliphatic rings. The van der Waals surface area contributed by atoms with Crippen LogP contribution in [-0.4, -0.2) is 182 Å². The van der Waals surface area contributed by atoms with E-state index < -0.39 is 111 Å². The van der Waals surface area contributed by atoms with Gasteiger partial charge in [0.1, 0.15) is 24.5 Å². The maximum atomic E-state index is 16.5. The Bertz CT molecular complexity index is 3820. The fourth-order valence-electron chi connectivity index (χ4n) is 14.2. The van der Waals surface area contributed by atoms with Crippen molar-refractivity contribution in [3.8, 4) is 0 Å². The number of carbonyl (C=O) groups excluding carboxylic acids is 7. The first-order valence-corrected chi connectivity index (χ1v) is 36.6. The van der Waals surface area contributed by atoms with E-state index >= 15 is 36.0 Å². The van der Waals surface area contributed by atoms with Gasteiger partial charge in [0.05, 0.1) is 65.0 Å². The third-order valence-corrected chi connectivity index (χ3v) is 29.1. The van der Waals surface area contributed by atoms with Crippen LogP contribution in [0.15, 0.2) is 119 Å². The van der Waals surface area contributed by atoms with Crippen LogP contribution in [0.5, 0.6) is 0 Å². The minimum Gasteiger partial charge on any atom is -0.444 e. The summed E-state index contributed by atoms with van der Waals surface area (Å²) in [4.78, 5) is 100. The van der Waals surface area contributed by atoms with Gasteiger partial charge in [-0.05, 0) is 98.4 Å². The van der Waals surface area contributed by atoms with E-state index in [-0.39, 0.29) is 105 Å². The number of hydrogen-bond acceptors (Lipinski definition) is 20. The first kappa shape index (κ1) is 63.7. The van der Waals surface area contributed by atoms with E-state index in [1.165, 1.54) is 76.8 Å². The molecule has 24 nitrogen and oxygen atoms in total. The highest BCUT2D eigenvalue weighted by atomic mass is 33.1. The average molecular weight is 1350 g/mol. The molecule has 2 spiro atoms. The van der Waals surface area contributed by atoms with Crippen molar-refractivity contribution in [2.24, 2.45) is 0 Å². The standard InChI is InChI=1S/C60H68N8O16S6/c1-7-57-50(72)65-46-55(36-58(65,86-85-57)48(70)63(57)5,41-24-14-16-26-43(41)67(46)89(76,77)39-20-10-8-11-21-39)56-37-59-49(71)64(6)60(88-87-59,51(73)66(59)47(56)68(44-27-17-15-25-42(44)56)90(78,79)40-22-12-9-13-23-40)38-83-53(75)82-31-19-18-28-45(69)61-29-32-80-34-35-81-33-30-62-52(74)84-54(2,3)4/h8-17,20-27,46-47H,7,18-19,28-38H2,1-6H3,(H,61,69)(H,62,74)/t46-,47-,55-,56-,57-,58-,59-,60-/m0/s1. The maximum Gasteiger partial charge on any atom is 0.508 e. The Morgan fingerprint density at radius 2 is 1.02 bits per heavy atom. The van der Waals surface area contributed by atoms with Crippen molar-refractivity contribution >= 4 is 116 Å². The number of anilines is 2. The van der Waals surface area contributed by atoms with Crippen LogP contribution in [0.1, 0.15) is 77.3 Å². The number of benzene rings is 4. The monoisotopic (exact) mass is 1350 g/mol. The zero-order chi connectivity index (χ0) is 64.0. The molecule has 0 aliphatic carbocycles. The van der Waals surface area contributed by atoms with Crippen LogP contribution < -0.4 is 19.2 Å². The summed E-state index contributed by atoms with van der Waals surface area (Å²) in [7, 11) is -2.21. The van der Waals surface area contributed by atoms with Gasteiger partial charge in [-0.2, -0.15) is 0 Å². The predicted molar refractivity (Wildman–Crippen MR) is 336 cm³/mol. The van der Waals surface area contributed by atoms with Crippen LogP contribution in [0.3, 0.4) is 0 Å². The van der Waals surface area contributed by atoms with Gasteiger partial charge < -0.3 is 44.1 Å². The number of amides is 6. The minimum absolute atomic E-state index is 0.111. The molecule has 6 amide bonds. The third-order valence-electron chi connectivity index (χ3n) is 18.1. The lowest BCUT2D eigenvalue weighted by Gasteiger charge is -2.59. The van der Waals surface area contributed by atoms with E-state index in [0.717, 1.165) is 25.9 Å². The Labute approximate surface area is 537 Å². The number of carbonyl (C=O) groups is 7. The summed E-state index contributed by atoms with van der Waals surface area (Å²) in [6.45, 7) is 7.73. The van der Waals surface area contributed by atoms with Gasteiger partial charge in [0.15, 0.2) is 14.6 Å². The van der Waals surface area contributed by atoms with Crippen LogP contribution in [0, 0.1) is 0 Å². The van der Waals surface area contributed by atoms with Gasteiger partial charge in [0, 0.05) is 46.4 Å². The summed E-state index contributed by atoms with van der Waals surface area (Å²) in [6.07, 6.45) is -4.85. The van der Waals surface area contributed by atoms with E-state index in [0.29, 0.717) is 17.5 Å². The van der Waals surface area contributed by atoms with Crippen molar-refractivity contribution in [2.75, 3.05) is 75.4 Å². The molecular weight excluding hydrogens is 1280 g/mol. The number of piperazine rings is 2. The molecule has 4 bridgehead atoms. The molecule has 8 fully saturated rings. The number of para-hydroxylation sites is 2. The normalized spacial score (nSPS) is 28.6. The van der Waals surface area contributed by atoms with Crippen molar-refractivity contribution in [3.63, 3.8) is 0 Å². The van der Waals surface area contributed by atoms with Gasteiger partial charge >= 0.3 is 12.2 Å². The molecule has 90 heavy (non-hydrogen) atoms. The fourth-order valence-corrected chi connectivity index (χ4v) is 25.1. The molecule has 4 aromatic rings. The van der Waals surface area contributed by atoms with Gasteiger partial charge in [-0.3, -0.25) is 33.8 Å². The Morgan fingerprint density at radius 3 is 1.52 bits per heavy atom. The molecule has 10 aliphatic heterocycles. The predicted octanol–water partition coefficient (Wildman–Crippen LogP) is 6.32. The minimum atomic E-state index is -4.81. The number of rotatable bonds is 22. The van der Waals surface area contributed by atoms with Crippen molar-refractivity contribution in [2.45, 2.75) is 124 Å². The summed E-state index contributed by atoms with van der Waals surface area (Å²) in [6, 6.07) is 28.8. The Morgan fingerprint density at radius 1 is 0.567 bits per heavy atom. The van der Waals surface area contributed by atoms with Gasteiger partial charge in [-0.1, -0.05) is 112 Å². The first-order valence-electron chi connectivity index (χ1n) is 29.4. The Kier molecular flexibility index (Phi) is 16.5. The molecule has 8 atom stereocenters. The SMILES string of the molecule is CC[C@]12SS[C@@]3(C[C@]4([C@]56C[C@@]78SS[C@@](COC(=O)OCCCCC(=O)NCCOCCOCCNC(=O)OC(C)(C)C)(C(=O)N7[C@H]5N(S(=O)(=O)c5ccccc5)c5ccccc56)N(C)C8=O)c5ccccc5N(S(=O)(=O)c5ccccc5)[C@@H]4N3C1=O)C(=O)N2C. The van der Waals surface area contributed by atoms with Gasteiger partial charge in [-0.25, -0.2) is 35.0 Å². The number of alkyl carbamates (subject to hydrolysis) is 1. The summed E-state index contributed by atoms with van der Waals surface area (Å²) < 4.78 is 94.0.